The minimum atomic E-state index is -0.510. The number of hydrogen-bond acceptors (Lipinski definition) is 4. The Morgan fingerprint density at radius 1 is 0.935 bits per heavy atom. The maximum Gasteiger partial charge on any atom is 0.343 e. The Balaban J connectivity index is 1.35. The zero-order valence-electron chi connectivity index (χ0n) is 18.1. The van der Waals surface area contributed by atoms with Crippen LogP contribution in [0.1, 0.15) is 56.0 Å². The van der Waals surface area contributed by atoms with Gasteiger partial charge in [-0.15, -0.1) is 0 Å². The third-order valence-corrected chi connectivity index (χ3v) is 7.20. The molecule has 2 amide bonds. The van der Waals surface area contributed by atoms with Gasteiger partial charge in [0.15, 0.2) is 0 Å². The molecule has 3 fully saturated rings. The van der Waals surface area contributed by atoms with Gasteiger partial charge in [-0.05, 0) is 72.4 Å². The van der Waals surface area contributed by atoms with E-state index in [2.05, 4.69) is 20.8 Å². The number of rotatable bonds is 3. The molecule has 31 heavy (non-hydrogen) atoms. The molecule has 0 N–H and O–H groups in total. The summed E-state index contributed by atoms with van der Waals surface area (Å²) in [6.45, 7) is 6.38. The average molecular weight is 418 g/mol. The number of nitrogens with zero attached hydrogens (tertiary/aromatic N) is 1. The molecule has 5 nitrogen and oxygen atoms in total. The van der Waals surface area contributed by atoms with Crippen LogP contribution in [-0.4, -0.2) is 17.8 Å². The maximum absolute atomic E-state index is 13.1. The van der Waals surface area contributed by atoms with Gasteiger partial charge in [0, 0.05) is 0 Å². The summed E-state index contributed by atoms with van der Waals surface area (Å²) in [5.74, 6) is 0.0521. The van der Waals surface area contributed by atoms with Gasteiger partial charge in [-0.25, -0.2) is 4.79 Å². The van der Waals surface area contributed by atoms with Crippen molar-refractivity contribution in [3.05, 3.63) is 59.7 Å². The number of esters is 1. The summed E-state index contributed by atoms with van der Waals surface area (Å²) in [5.41, 5.74) is 1.95. The highest BCUT2D eigenvalue weighted by Gasteiger charge is 2.61. The van der Waals surface area contributed by atoms with Crippen LogP contribution in [-0.2, 0) is 15.0 Å². The molecule has 0 unspecified atom stereocenters. The lowest BCUT2D eigenvalue weighted by molar-refractivity contribution is -0.123. The molecule has 160 valence electrons. The van der Waals surface area contributed by atoms with Crippen LogP contribution in [0.4, 0.5) is 5.69 Å². The Kier molecular flexibility index (Phi) is 4.54. The lowest BCUT2D eigenvalue weighted by atomic mass is 9.81. The molecule has 2 aromatic carbocycles. The first-order valence-corrected chi connectivity index (χ1v) is 11.0. The largest absolute Gasteiger partial charge is 0.423 e. The van der Waals surface area contributed by atoms with Crippen LogP contribution < -0.4 is 9.64 Å². The molecule has 2 aliphatic carbocycles. The van der Waals surface area contributed by atoms with Gasteiger partial charge in [-0.1, -0.05) is 39.0 Å². The van der Waals surface area contributed by atoms with E-state index in [1.807, 2.05) is 12.1 Å². The van der Waals surface area contributed by atoms with Crippen LogP contribution in [0.15, 0.2) is 48.5 Å². The van der Waals surface area contributed by atoms with E-state index in [4.69, 9.17) is 4.74 Å². The van der Waals surface area contributed by atoms with Crippen molar-refractivity contribution in [1.29, 1.82) is 0 Å². The lowest BCUT2D eigenvalue weighted by Crippen LogP contribution is -2.32. The van der Waals surface area contributed by atoms with Crippen molar-refractivity contribution in [2.45, 2.75) is 45.4 Å². The van der Waals surface area contributed by atoms with Gasteiger partial charge in [0.25, 0.3) is 0 Å². The van der Waals surface area contributed by atoms with E-state index in [0.29, 0.717) is 28.8 Å². The second-order valence-electron chi connectivity index (χ2n) is 10.1. The van der Waals surface area contributed by atoms with E-state index in [1.54, 1.807) is 36.4 Å². The number of carbonyl (C=O) groups is 3. The van der Waals surface area contributed by atoms with Crippen molar-refractivity contribution in [3.63, 3.8) is 0 Å². The minimum absolute atomic E-state index is 0.0173. The van der Waals surface area contributed by atoms with Crippen LogP contribution in [0.2, 0.25) is 0 Å². The Bertz CT molecular complexity index is 1040. The zero-order chi connectivity index (χ0) is 21.9. The van der Waals surface area contributed by atoms with E-state index in [-0.39, 0.29) is 29.1 Å². The van der Waals surface area contributed by atoms with Crippen molar-refractivity contribution in [3.8, 4) is 5.75 Å². The molecule has 1 heterocycles. The van der Waals surface area contributed by atoms with Crippen molar-refractivity contribution in [2.24, 2.45) is 23.7 Å². The standard InChI is InChI=1S/C26H27NO4/c1-26(2,3)18-9-11-20(12-10-18)31-25(30)17-5-4-6-19(14-17)27-23(28)21-15-7-8-16(13-15)22(21)24(27)29/h4-6,9-12,14-16,21-22H,7-8,13H2,1-3H3/t15-,16-,21-,22+/m1/s1. The number of anilines is 1. The normalized spacial score (nSPS) is 27.0. The van der Waals surface area contributed by atoms with Gasteiger partial charge < -0.3 is 4.74 Å². The highest BCUT2D eigenvalue weighted by Crippen LogP contribution is 2.56. The van der Waals surface area contributed by atoms with E-state index >= 15 is 0 Å². The van der Waals surface area contributed by atoms with Crippen LogP contribution in [0.5, 0.6) is 5.75 Å². The van der Waals surface area contributed by atoms with Crippen molar-refractivity contribution in [1.82, 2.24) is 0 Å². The van der Waals surface area contributed by atoms with E-state index in [1.165, 1.54) is 4.90 Å². The Morgan fingerprint density at radius 2 is 1.55 bits per heavy atom. The number of amides is 2. The second-order valence-corrected chi connectivity index (χ2v) is 10.1. The van der Waals surface area contributed by atoms with E-state index < -0.39 is 5.97 Å². The smallest absolute Gasteiger partial charge is 0.343 e. The van der Waals surface area contributed by atoms with Crippen molar-refractivity contribution >= 4 is 23.5 Å². The first-order chi connectivity index (χ1) is 14.7. The number of carbonyl (C=O) groups excluding carboxylic acids is 3. The molecule has 0 radical (unpaired) electrons. The molecule has 5 heteroatoms. The lowest BCUT2D eigenvalue weighted by Gasteiger charge is -2.19. The van der Waals surface area contributed by atoms with Crippen molar-refractivity contribution < 1.29 is 19.1 Å². The van der Waals surface area contributed by atoms with Gasteiger partial charge in [-0.2, -0.15) is 0 Å². The van der Waals surface area contributed by atoms with Crippen LogP contribution >= 0.6 is 0 Å². The third kappa shape index (κ3) is 3.27. The second kappa shape index (κ2) is 7.04. The topological polar surface area (TPSA) is 63.7 Å². The van der Waals surface area contributed by atoms with Gasteiger partial charge in [0.1, 0.15) is 5.75 Å². The summed E-state index contributed by atoms with van der Waals surface area (Å²) >= 11 is 0. The number of ether oxygens (including phenoxy) is 1. The molecule has 1 saturated heterocycles. The van der Waals surface area contributed by atoms with Gasteiger partial charge in [0.05, 0.1) is 23.1 Å². The summed E-state index contributed by atoms with van der Waals surface area (Å²) in [4.78, 5) is 40.1. The number of fused-ring (bicyclic) bond motifs is 5. The highest BCUT2D eigenvalue weighted by atomic mass is 16.5. The average Bonchev–Trinajstić information content (AvgIpc) is 3.41. The Hall–Kier alpha value is -2.95. The predicted octanol–water partition coefficient (Wildman–Crippen LogP) is 4.74. The molecule has 2 bridgehead atoms. The van der Waals surface area contributed by atoms with Gasteiger partial charge in [-0.3, -0.25) is 14.5 Å². The number of hydrogen-bond donors (Lipinski definition) is 0. The van der Waals surface area contributed by atoms with Crippen molar-refractivity contribution in [2.75, 3.05) is 4.90 Å². The summed E-state index contributed by atoms with van der Waals surface area (Å²) in [7, 11) is 0. The highest BCUT2D eigenvalue weighted by molar-refractivity contribution is 6.22. The third-order valence-electron chi connectivity index (χ3n) is 7.20. The molecule has 1 aliphatic heterocycles. The summed E-state index contributed by atoms with van der Waals surface area (Å²) in [5, 5.41) is 0. The van der Waals surface area contributed by atoms with Crippen LogP contribution in [0, 0.1) is 23.7 Å². The molecular formula is C26H27NO4. The summed E-state index contributed by atoms with van der Waals surface area (Å²) in [6.07, 6.45) is 3.08. The molecule has 0 spiro atoms. The van der Waals surface area contributed by atoms with Gasteiger partial charge >= 0.3 is 5.97 Å². The minimum Gasteiger partial charge on any atom is -0.423 e. The van der Waals surface area contributed by atoms with E-state index in [0.717, 1.165) is 24.8 Å². The SMILES string of the molecule is CC(C)(C)c1ccc(OC(=O)c2cccc(N3C(=O)[C@@H]4[C@@H]5CC[C@H](C5)[C@@H]4C3=O)c2)cc1. The fraction of sp³-hybridized carbons (Fsp3) is 0.423. The van der Waals surface area contributed by atoms with Crippen LogP contribution in [0.3, 0.4) is 0 Å². The Morgan fingerprint density at radius 3 is 2.13 bits per heavy atom. The predicted molar refractivity (Wildman–Crippen MR) is 117 cm³/mol. The molecule has 3 aliphatic rings. The first kappa shape index (κ1) is 20.0. The fourth-order valence-corrected chi connectivity index (χ4v) is 5.62. The number of imide groups is 1. The monoisotopic (exact) mass is 417 g/mol. The molecular weight excluding hydrogens is 390 g/mol. The Labute approximate surface area is 182 Å². The van der Waals surface area contributed by atoms with Crippen LogP contribution in [0.25, 0.3) is 0 Å². The fourth-order valence-electron chi connectivity index (χ4n) is 5.62. The molecule has 0 aromatic heterocycles. The first-order valence-electron chi connectivity index (χ1n) is 11.0. The molecule has 2 aromatic rings. The maximum atomic E-state index is 13.1. The van der Waals surface area contributed by atoms with E-state index in [9.17, 15) is 14.4 Å². The molecule has 4 atom stereocenters. The quantitative estimate of drug-likeness (QED) is 0.411. The molecule has 2 saturated carbocycles. The summed E-state index contributed by atoms with van der Waals surface area (Å²) < 4.78 is 5.53. The number of benzene rings is 2. The zero-order valence-corrected chi connectivity index (χ0v) is 18.1. The summed E-state index contributed by atoms with van der Waals surface area (Å²) in [6, 6.07) is 14.1. The van der Waals surface area contributed by atoms with Gasteiger partial charge in [0.2, 0.25) is 11.8 Å². The molecule has 5 rings (SSSR count).